The van der Waals surface area contributed by atoms with E-state index in [4.69, 9.17) is 9.84 Å². The molecule has 0 radical (unpaired) electrons. The van der Waals surface area contributed by atoms with Gasteiger partial charge in [-0.15, -0.1) is 6.58 Å². The minimum Gasteiger partial charge on any atom is -0.360 e. The summed E-state index contributed by atoms with van der Waals surface area (Å²) >= 11 is 0. The molecule has 1 aliphatic rings. The van der Waals surface area contributed by atoms with Crippen molar-refractivity contribution in [2.75, 3.05) is 6.61 Å². The van der Waals surface area contributed by atoms with Crippen LogP contribution in [0, 0.1) is 0 Å². The van der Waals surface area contributed by atoms with Crippen LogP contribution in [0.25, 0.3) is 11.3 Å². The summed E-state index contributed by atoms with van der Waals surface area (Å²) in [5.74, 6) is 0. The van der Waals surface area contributed by atoms with Gasteiger partial charge in [-0.2, -0.15) is 5.10 Å². The Kier molecular flexibility index (Phi) is 3.70. The van der Waals surface area contributed by atoms with Crippen LogP contribution < -0.4 is 0 Å². The van der Waals surface area contributed by atoms with Gasteiger partial charge < -0.3 is 4.74 Å². The monoisotopic (exact) mass is 268 g/mol. The van der Waals surface area contributed by atoms with E-state index in [0.717, 1.165) is 25.0 Å². The van der Waals surface area contributed by atoms with Crippen LogP contribution in [0.15, 0.2) is 36.9 Å². The average Bonchev–Trinajstić information content (AvgIpc) is 2.84. The third-order valence-corrected chi connectivity index (χ3v) is 3.81. The molecule has 0 saturated carbocycles. The van der Waals surface area contributed by atoms with E-state index in [1.165, 1.54) is 22.4 Å². The van der Waals surface area contributed by atoms with Crippen molar-refractivity contribution in [1.29, 1.82) is 0 Å². The van der Waals surface area contributed by atoms with Crippen LogP contribution in [0.3, 0.4) is 0 Å². The van der Waals surface area contributed by atoms with E-state index in [1.807, 2.05) is 17.7 Å². The van der Waals surface area contributed by atoms with Crippen LogP contribution in [0.5, 0.6) is 0 Å². The fraction of sp³-hybridized carbons (Fsp3) is 0.353. The topological polar surface area (TPSA) is 27.1 Å². The van der Waals surface area contributed by atoms with Crippen molar-refractivity contribution < 1.29 is 4.74 Å². The number of benzene rings is 1. The third-order valence-electron chi connectivity index (χ3n) is 3.81. The molecular weight excluding hydrogens is 248 g/mol. The Morgan fingerprint density at radius 1 is 1.35 bits per heavy atom. The molecule has 0 amide bonds. The molecule has 0 unspecified atom stereocenters. The standard InChI is InChI=1S/C17H20N2O/c1-3-7-16-15-11-10-13-8-5-6-9-14(13)17(15)19(18-16)12-20-4-2/h3,5-6,8-9H,1,4,7,10-12H2,2H3. The van der Waals surface area contributed by atoms with Crippen LogP contribution in [-0.2, 0) is 30.7 Å². The molecule has 0 aliphatic heterocycles. The third kappa shape index (κ3) is 2.18. The molecule has 0 atom stereocenters. The maximum Gasteiger partial charge on any atom is 0.140 e. The first-order valence-corrected chi connectivity index (χ1v) is 7.20. The van der Waals surface area contributed by atoms with Crippen LogP contribution >= 0.6 is 0 Å². The number of aromatic nitrogens is 2. The maximum absolute atomic E-state index is 5.57. The maximum atomic E-state index is 5.57. The van der Waals surface area contributed by atoms with Crippen molar-refractivity contribution in [3.63, 3.8) is 0 Å². The summed E-state index contributed by atoms with van der Waals surface area (Å²) in [6.45, 7) is 7.07. The molecule has 0 fully saturated rings. The highest BCUT2D eigenvalue weighted by Gasteiger charge is 2.24. The molecule has 20 heavy (non-hydrogen) atoms. The summed E-state index contributed by atoms with van der Waals surface area (Å²) in [7, 11) is 0. The minimum absolute atomic E-state index is 0.518. The lowest BCUT2D eigenvalue weighted by Gasteiger charge is -2.18. The van der Waals surface area contributed by atoms with Crippen molar-refractivity contribution in [2.24, 2.45) is 0 Å². The van der Waals surface area contributed by atoms with Gasteiger partial charge in [-0.25, -0.2) is 4.68 Å². The summed E-state index contributed by atoms with van der Waals surface area (Å²) < 4.78 is 7.58. The number of hydrogen-bond acceptors (Lipinski definition) is 2. The number of ether oxygens (including phenoxy) is 1. The van der Waals surface area contributed by atoms with Gasteiger partial charge >= 0.3 is 0 Å². The molecule has 0 N–H and O–H groups in total. The first-order valence-electron chi connectivity index (χ1n) is 7.20. The van der Waals surface area contributed by atoms with Crippen LogP contribution in [-0.4, -0.2) is 16.4 Å². The molecule has 1 aromatic carbocycles. The van der Waals surface area contributed by atoms with E-state index in [-0.39, 0.29) is 0 Å². The van der Waals surface area contributed by atoms with E-state index < -0.39 is 0 Å². The second-order valence-electron chi connectivity index (χ2n) is 5.05. The van der Waals surface area contributed by atoms with Gasteiger partial charge in [-0.3, -0.25) is 0 Å². The second-order valence-corrected chi connectivity index (χ2v) is 5.05. The van der Waals surface area contributed by atoms with Crippen molar-refractivity contribution in [2.45, 2.75) is 32.9 Å². The van der Waals surface area contributed by atoms with Gasteiger partial charge in [-0.1, -0.05) is 30.3 Å². The van der Waals surface area contributed by atoms with Gasteiger partial charge in [0.1, 0.15) is 6.73 Å². The predicted octanol–water partition coefficient (Wildman–Crippen LogP) is 3.37. The zero-order valence-electron chi connectivity index (χ0n) is 11.9. The SMILES string of the molecule is C=CCc1nn(COCC)c2c1CCc1ccccc1-2. The minimum atomic E-state index is 0.518. The first-order chi connectivity index (χ1) is 9.85. The number of rotatable bonds is 5. The zero-order chi connectivity index (χ0) is 13.9. The molecule has 1 aliphatic carbocycles. The summed E-state index contributed by atoms with van der Waals surface area (Å²) in [6, 6.07) is 8.61. The van der Waals surface area contributed by atoms with E-state index in [2.05, 4.69) is 30.8 Å². The molecule has 0 bridgehead atoms. The van der Waals surface area contributed by atoms with Crippen LogP contribution in [0.2, 0.25) is 0 Å². The lowest BCUT2D eigenvalue weighted by molar-refractivity contribution is 0.0801. The van der Waals surface area contributed by atoms with Crippen molar-refractivity contribution in [1.82, 2.24) is 9.78 Å². The molecular formula is C17H20N2O. The molecule has 0 saturated heterocycles. The molecule has 104 valence electrons. The summed E-state index contributed by atoms with van der Waals surface area (Å²) in [6.07, 6.45) is 4.90. The largest absolute Gasteiger partial charge is 0.360 e. The van der Waals surface area contributed by atoms with Crippen molar-refractivity contribution in [3.05, 3.63) is 53.7 Å². The van der Waals surface area contributed by atoms with E-state index in [9.17, 15) is 0 Å². The van der Waals surface area contributed by atoms with Crippen molar-refractivity contribution in [3.8, 4) is 11.3 Å². The molecule has 3 nitrogen and oxygen atoms in total. The average molecular weight is 268 g/mol. The molecule has 1 aromatic heterocycles. The molecule has 3 heteroatoms. The van der Waals surface area contributed by atoms with Gasteiger partial charge in [0.15, 0.2) is 0 Å². The summed E-state index contributed by atoms with van der Waals surface area (Å²) in [5, 5.41) is 4.74. The highest BCUT2D eigenvalue weighted by molar-refractivity contribution is 5.71. The lowest BCUT2D eigenvalue weighted by atomic mass is 9.88. The van der Waals surface area contributed by atoms with E-state index in [1.54, 1.807) is 0 Å². The van der Waals surface area contributed by atoms with Crippen LogP contribution in [0.4, 0.5) is 0 Å². The first kappa shape index (κ1) is 13.1. The van der Waals surface area contributed by atoms with Gasteiger partial charge in [-0.05, 0) is 25.3 Å². The number of fused-ring (bicyclic) bond motifs is 3. The Morgan fingerprint density at radius 3 is 3.00 bits per heavy atom. The Labute approximate surface area is 119 Å². The summed E-state index contributed by atoms with van der Waals surface area (Å²) in [5.41, 5.74) is 6.45. The number of hydrogen-bond donors (Lipinski definition) is 0. The predicted molar refractivity (Wildman–Crippen MR) is 80.6 cm³/mol. The lowest BCUT2D eigenvalue weighted by Crippen LogP contribution is -2.10. The van der Waals surface area contributed by atoms with Gasteiger partial charge in [0.2, 0.25) is 0 Å². The van der Waals surface area contributed by atoms with E-state index >= 15 is 0 Å². The van der Waals surface area contributed by atoms with Gasteiger partial charge in [0.05, 0.1) is 11.4 Å². The smallest absolute Gasteiger partial charge is 0.140 e. The highest BCUT2D eigenvalue weighted by atomic mass is 16.5. The van der Waals surface area contributed by atoms with Gasteiger partial charge in [0, 0.05) is 24.2 Å². The van der Waals surface area contributed by atoms with Crippen LogP contribution in [0.1, 0.15) is 23.7 Å². The quantitative estimate of drug-likeness (QED) is 0.777. The Hall–Kier alpha value is -1.87. The number of allylic oxidation sites excluding steroid dienone is 1. The fourth-order valence-electron chi connectivity index (χ4n) is 2.91. The molecule has 1 heterocycles. The molecule has 2 aromatic rings. The second kappa shape index (κ2) is 5.63. The van der Waals surface area contributed by atoms with Crippen molar-refractivity contribution >= 4 is 0 Å². The summed E-state index contributed by atoms with van der Waals surface area (Å²) in [4.78, 5) is 0. The van der Waals surface area contributed by atoms with E-state index in [0.29, 0.717) is 13.3 Å². The Morgan fingerprint density at radius 2 is 2.20 bits per heavy atom. The number of aryl methyl sites for hydroxylation is 1. The number of nitrogens with zero attached hydrogens (tertiary/aromatic N) is 2. The normalized spacial score (nSPS) is 12.8. The Bertz CT molecular complexity index is 628. The molecule has 0 spiro atoms. The van der Waals surface area contributed by atoms with Gasteiger partial charge in [0.25, 0.3) is 0 Å². The highest BCUT2D eigenvalue weighted by Crippen LogP contribution is 2.35. The molecule has 3 rings (SSSR count). The Balaban J connectivity index is 2.12. The fourth-order valence-corrected chi connectivity index (χ4v) is 2.91. The zero-order valence-corrected chi connectivity index (χ0v) is 11.9.